The Morgan fingerprint density at radius 2 is 1.94 bits per heavy atom. The molecule has 2 fully saturated rings. The van der Waals surface area contributed by atoms with Crippen molar-refractivity contribution in [2.24, 2.45) is 0 Å². The SMILES string of the molecule is CCCCCOCC(=O)N1CC(N2CCCC2)C1. The van der Waals surface area contributed by atoms with Gasteiger partial charge in [0.05, 0.1) is 0 Å². The molecule has 0 aromatic carbocycles. The highest BCUT2D eigenvalue weighted by Crippen LogP contribution is 2.19. The molecule has 18 heavy (non-hydrogen) atoms. The van der Waals surface area contributed by atoms with Crippen molar-refractivity contribution in [1.82, 2.24) is 9.80 Å². The summed E-state index contributed by atoms with van der Waals surface area (Å²) in [6.07, 6.45) is 6.10. The van der Waals surface area contributed by atoms with E-state index in [1.807, 2.05) is 4.90 Å². The number of carbonyl (C=O) groups excluding carboxylic acids is 1. The fraction of sp³-hybridized carbons (Fsp3) is 0.929. The van der Waals surface area contributed by atoms with Gasteiger partial charge in [-0.25, -0.2) is 0 Å². The number of unbranched alkanes of at least 4 members (excludes halogenated alkanes) is 2. The Morgan fingerprint density at radius 1 is 1.22 bits per heavy atom. The summed E-state index contributed by atoms with van der Waals surface area (Å²) in [6.45, 7) is 7.44. The van der Waals surface area contributed by atoms with Crippen LogP contribution >= 0.6 is 0 Å². The minimum absolute atomic E-state index is 0.168. The van der Waals surface area contributed by atoms with Crippen LogP contribution in [0.25, 0.3) is 0 Å². The number of hydrogen-bond donors (Lipinski definition) is 0. The largest absolute Gasteiger partial charge is 0.372 e. The van der Waals surface area contributed by atoms with E-state index in [9.17, 15) is 4.79 Å². The van der Waals surface area contributed by atoms with E-state index in [1.54, 1.807) is 0 Å². The molecule has 2 rings (SSSR count). The maximum absolute atomic E-state index is 11.8. The normalized spacial score (nSPS) is 21.3. The number of amides is 1. The van der Waals surface area contributed by atoms with Crippen LogP contribution in [0.1, 0.15) is 39.0 Å². The van der Waals surface area contributed by atoms with Crippen LogP contribution in [0.3, 0.4) is 0 Å². The molecule has 4 nitrogen and oxygen atoms in total. The van der Waals surface area contributed by atoms with Crippen LogP contribution in [-0.4, -0.2) is 61.1 Å². The molecule has 0 aliphatic carbocycles. The third-order valence-electron chi connectivity index (χ3n) is 3.99. The van der Waals surface area contributed by atoms with Crippen molar-refractivity contribution >= 4 is 5.91 Å². The molecule has 0 spiro atoms. The van der Waals surface area contributed by atoms with E-state index in [-0.39, 0.29) is 12.5 Å². The van der Waals surface area contributed by atoms with E-state index in [0.29, 0.717) is 6.04 Å². The van der Waals surface area contributed by atoms with Crippen LogP contribution in [-0.2, 0) is 9.53 Å². The number of carbonyl (C=O) groups is 1. The van der Waals surface area contributed by atoms with Crippen LogP contribution in [0, 0.1) is 0 Å². The highest BCUT2D eigenvalue weighted by atomic mass is 16.5. The first-order chi connectivity index (χ1) is 8.81. The summed E-state index contributed by atoms with van der Waals surface area (Å²) in [7, 11) is 0. The molecule has 0 bridgehead atoms. The van der Waals surface area contributed by atoms with Crippen molar-refractivity contribution in [2.45, 2.75) is 45.1 Å². The summed E-state index contributed by atoms with van der Waals surface area (Å²) in [4.78, 5) is 16.3. The highest BCUT2D eigenvalue weighted by molar-refractivity contribution is 5.78. The minimum atomic E-state index is 0.168. The maximum Gasteiger partial charge on any atom is 0.248 e. The lowest BCUT2D eigenvalue weighted by atomic mass is 10.1. The van der Waals surface area contributed by atoms with Crippen LogP contribution < -0.4 is 0 Å². The molecule has 0 radical (unpaired) electrons. The van der Waals surface area contributed by atoms with Gasteiger partial charge >= 0.3 is 0 Å². The Morgan fingerprint density at radius 3 is 2.61 bits per heavy atom. The van der Waals surface area contributed by atoms with Gasteiger partial charge in [-0.05, 0) is 32.4 Å². The van der Waals surface area contributed by atoms with Gasteiger partial charge < -0.3 is 9.64 Å². The van der Waals surface area contributed by atoms with Gasteiger partial charge in [0.2, 0.25) is 5.91 Å². The zero-order valence-electron chi connectivity index (χ0n) is 11.6. The van der Waals surface area contributed by atoms with E-state index in [2.05, 4.69) is 11.8 Å². The molecule has 0 atom stereocenters. The van der Waals surface area contributed by atoms with E-state index in [0.717, 1.165) is 26.1 Å². The highest BCUT2D eigenvalue weighted by Gasteiger charge is 2.35. The molecule has 2 aliphatic heterocycles. The molecule has 0 unspecified atom stereocenters. The number of nitrogens with zero attached hydrogens (tertiary/aromatic N) is 2. The standard InChI is InChI=1S/C14H26N2O2/c1-2-3-6-9-18-12-14(17)16-10-13(11-16)15-7-4-5-8-15/h13H,2-12H2,1H3. The van der Waals surface area contributed by atoms with Gasteiger partial charge in [-0.2, -0.15) is 0 Å². The van der Waals surface area contributed by atoms with Gasteiger partial charge in [0.15, 0.2) is 0 Å². The number of rotatable bonds is 7. The summed E-state index contributed by atoms with van der Waals surface area (Å²) in [6, 6.07) is 0.622. The van der Waals surface area contributed by atoms with Gasteiger partial charge in [0.25, 0.3) is 0 Å². The van der Waals surface area contributed by atoms with Crippen molar-refractivity contribution in [3.8, 4) is 0 Å². The van der Waals surface area contributed by atoms with E-state index >= 15 is 0 Å². The molecule has 2 aliphatic rings. The maximum atomic E-state index is 11.8. The Kier molecular flexibility index (Phi) is 5.45. The first-order valence-electron chi connectivity index (χ1n) is 7.41. The summed E-state index contributed by atoms with van der Waals surface area (Å²) in [5.41, 5.74) is 0. The molecule has 1 amide bonds. The van der Waals surface area contributed by atoms with Crippen molar-refractivity contribution in [3.63, 3.8) is 0 Å². The molecule has 104 valence electrons. The molecular formula is C14H26N2O2. The minimum Gasteiger partial charge on any atom is -0.372 e. The van der Waals surface area contributed by atoms with Crippen LogP contribution in [0.2, 0.25) is 0 Å². The second-order valence-electron chi connectivity index (χ2n) is 5.46. The summed E-state index contributed by atoms with van der Waals surface area (Å²) in [5, 5.41) is 0. The fourth-order valence-electron chi connectivity index (χ4n) is 2.70. The predicted molar refractivity (Wildman–Crippen MR) is 71.5 cm³/mol. The molecule has 0 aromatic rings. The molecule has 2 saturated heterocycles. The quantitative estimate of drug-likeness (QED) is 0.645. The molecule has 0 N–H and O–H groups in total. The fourth-order valence-corrected chi connectivity index (χ4v) is 2.70. The lowest BCUT2D eigenvalue weighted by Gasteiger charge is -2.44. The average molecular weight is 254 g/mol. The third-order valence-corrected chi connectivity index (χ3v) is 3.99. The lowest BCUT2D eigenvalue weighted by Crippen LogP contribution is -2.61. The second kappa shape index (κ2) is 7.10. The van der Waals surface area contributed by atoms with E-state index in [1.165, 1.54) is 38.8 Å². The number of likely N-dealkylation sites (tertiary alicyclic amines) is 2. The van der Waals surface area contributed by atoms with Crippen LogP contribution in [0.5, 0.6) is 0 Å². The molecule has 2 heterocycles. The van der Waals surface area contributed by atoms with Gasteiger partial charge in [0, 0.05) is 25.7 Å². The second-order valence-corrected chi connectivity index (χ2v) is 5.46. The zero-order valence-corrected chi connectivity index (χ0v) is 11.6. The molecule has 4 heteroatoms. The van der Waals surface area contributed by atoms with Gasteiger partial charge in [-0.1, -0.05) is 19.8 Å². The van der Waals surface area contributed by atoms with Crippen LogP contribution in [0.15, 0.2) is 0 Å². The van der Waals surface area contributed by atoms with Gasteiger partial charge in [-0.15, -0.1) is 0 Å². The van der Waals surface area contributed by atoms with E-state index in [4.69, 9.17) is 4.74 Å². The van der Waals surface area contributed by atoms with Crippen molar-refractivity contribution in [1.29, 1.82) is 0 Å². The first-order valence-corrected chi connectivity index (χ1v) is 7.41. The Labute approximate surface area is 110 Å². The summed E-state index contributed by atoms with van der Waals surface area (Å²) < 4.78 is 5.41. The topological polar surface area (TPSA) is 32.8 Å². The Bertz CT molecular complexity index is 259. The van der Waals surface area contributed by atoms with Crippen molar-refractivity contribution < 1.29 is 9.53 Å². The zero-order chi connectivity index (χ0) is 12.8. The first kappa shape index (κ1) is 13.8. The summed E-state index contributed by atoms with van der Waals surface area (Å²) in [5.74, 6) is 0.168. The lowest BCUT2D eigenvalue weighted by molar-refractivity contribution is -0.143. The number of hydrogen-bond acceptors (Lipinski definition) is 3. The number of ether oxygens (including phenoxy) is 1. The monoisotopic (exact) mass is 254 g/mol. The van der Waals surface area contributed by atoms with Crippen LogP contribution in [0.4, 0.5) is 0 Å². The molecule has 0 saturated carbocycles. The van der Waals surface area contributed by atoms with E-state index < -0.39 is 0 Å². The average Bonchev–Trinajstić information content (AvgIpc) is 2.80. The predicted octanol–water partition coefficient (Wildman–Crippen LogP) is 1.50. The Hall–Kier alpha value is -0.610. The Balaban J connectivity index is 1.52. The molecular weight excluding hydrogens is 228 g/mol. The smallest absolute Gasteiger partial charge is 0.248 e. The summed E-state index contributed by atoms with van der Waals surface area (Å²) >= 11 is 0. The van der Waals surface area contributed by atoms with Crippen molar-refractivity contribution in [3.05, 3.63) is 0 Å². The van der Waals surface area contributed by atoms with Gasteiger partial charge in [0.1, 0.15) is 6.61 Å². The molecule has 0 aromatic heterocycles. The third kappa shape index (κ3) is 3.69. The van der Waals surface area contributed by atoms with Crippen molar-refractivity contribution in [2.75, 3.05) is 39.4 Å². The van der Waals surface area contributed by atoms with Gasteiger partial charge in [-0.3, -0.25) is 9.69 Å².